The molecule has 1 unspecified atom stereocenters. The monoisotopic (exact) mass is 375 g/mol. The summed E-state index contributed by atoms with van der Waals surface area (Å²) >= 11 is 6.08. The van der Waals surface area contributed by atoms with Gasteiger partial charge in [0.1, 0.15) is 0 Å². The van der Waals surface area contributed by atoms with Crippen LogP contribution in [-0.2, 0) is 4.74 Å². The fraction of sp³-hybridized carbons (Fsp3) is 0.476. The van der Waals surface area contributed by atoms with Gasteiger partial charge in [-0.1, -0.05) is 23.7 Å². The van der Waals surface area contributed by atoms with Crippen LogP contribution in [0.1, 0.15) is 66.7 Å². The Hall–Kier alpha value is -1.78. The molecule has 1 aliphatic rings. The maximum atomic E-state index is 11.9. The van der Waals surface area contributed by atoms with Crippen LogP contribution in [0.4, 0.5) is 0 Å². The molecule has 0 saturated carbocycles. The largest absolute Gasteiger partial charge is 0.478 e. The third-order valence-corrected chi connectivity index (χ3v) is 5.51. The summed E-state index contributed by atoms with van der Waals surface area (Å²) in [7, 11) is 0. The van der Waals surface area contributed by atoms with E-state index in [1.807, 2.05) is 30.5 Å². The third-order valence-electron chi connectivity index (χ3n) is 5.26. The van der Waals surface area contributed by atoms with E-state index in [4.69, 9.17) is 16.3 Å². The average Bonchev–Trinajstić information content (AvgIpc) is 3.07. The predicted molar refractivity (Wildman–Crippen MR) is 103 cm³/mol. The maximum absolute atomic E-state index is 11.9. The zero-order valence-corrected chi connectivity index (χ0v) is 16.1. The lowest BCUT2D eigenvalue weighted by Gasteiger charge is -2.29. The van der Waals surface area contributed by atoms with Crippen LogP contribution < -0.4 is 0 Å². The third kappa shape index (κ3) is 4.13. The van der Waals surface area contributed by atoms with Crippen molar-refractivity contribution in [2.45, 2.75) is 45.1 Å². The lowest BCUT2D eigenvalue weighted by molar-refractivity contribution is 0.0620. The van der Waals surface area contributed by atoms with Gasteiger partial charge in [0.25, 0.3) is 0 Å². The summed E-state index contributed by atoms with van der Waals surface area (Å²) in [5.41, 5.74) is 2.40. The molecule has 4 nitrogen and oxygen atoms in total. The first-order valence-corrected chi connectivity index (χ1v) is 9.62. The summed E-state index contributed by atoms with van der Waals surface area (Å²) in [6.07, 6.45) is 4.86. The van der Waals surface area contributed by atoms with Crippen LogP contribution in [-0.4, -0.2) is 28.9 Å². The molecule has 2 aromatic rings. The van der Waals surface area contributed by atoms with Gasteiger partial charge in [-0.3, -0.25) is 0 Å². The van der Waals surface area contributed by atoms with Crippen LogP contribution >= 0.6 is 11.6 Å². The van der Waals surface area contributed by atoms with Gasteiger partial charge in [0.05, 0.1) is 5.56 Å². The number of carboxylic acids is 1. The van der Waals surface area contributed by atoms with E-state index in [0.717, 1.165) is 43.7 Å². The van der Waals surface area contributed by atoms with Gasteiger partial charge in [0.2, 0.25) is 0 Å². The Morgan fingerprint density at radius 3 is 2.46 bits per heavy atom. The van der Waals surface area contributed by atoms with Crippen LogP contribution in [0.3, 0.4) is 0 Å². The molecule has 0 amide bonds. The van der Waals surface area contributed by atoms with E-state index in [2.05, 4.69) is 18.4 Å². The normalized spacial score (nSPS) is 16.8. The van der Waals surface area contributed by atoms with E-state index in [1.165, 1.54) is 0 Å². The summed E-state index contributed by atoms with van der Waals surface area (Å²) in [6, 6.07) is 9.74. The standard InChI is InChI=1S/C21H26ClNO3/c1-14(2)23-10-7-18(21(24)25)20(23)19(13-15-8-11-26-12-9-15)16-3-5-17(22)6-4-16/h3-7,10,14-15,19H,8-9,11-13H2,1-2H3,(H,24,25). The van der Waals surface area contributed by atoms with Crippen molar-refractivity contribution in [2.24, 2.45) is 5.92 Å². The predicted octanol–water partition coefficient (Wildman–Crippen LogP) is 5.37. The summed E-state index contributed by atoms with van der Waals surface area (Å²) in [6.45, 7) is 5.75. The second-order valence-corrected chi connectivity index (χ2v) is 7.75. The highest BCUT2D eigenvalue weighted by molar-refractivity contribution is 6.30. The Bertz CT molecular complexity index is 745. The van der Waals surface area contributed by atoms with Crippen molar-refractivity contribution in [1.82, 2.24) is 4.57 Å². The van der Waals surface area contributed by atoms with Crippen molar-refractivity contribution < 1.29 is 14.6 Å². The number of aromatic carboxylic acids is 1. The Morgan fingerprint density at radius 2 is 1.88 bits per heavy atom. The molecule has 5 heteroatoms. The Kier molecular flexibility index (Phi) is 6.05. The average molecular weight is 376 g/mol. The fourth-order valence-corrected chi connectivity index (χ4v) is 4.00. The van der Waals surface area contributed by atoms with Gasteiger partial charge < -0.3 is 14.4 Å². The molecule has 1 N–H and O–H groups in total. The topological polar surface area (TPSA) is 51.5 Å². The number of carboxylic acid groups (broad SMARTS) is 1. The molecule has 140 valence electrons. The van der Waals surface area contributed by atoms with E-state index >= 15 is 0 Å². The zero-order chi connectivity index (χ0) is 18.7. The summed E-state index contributed by atoms with van der Waals surface area (Å²) in [5, 5.41) is 10.4. The minimum Gasteiger partial charge on any atom is -0.478 e. The van der Waals surface area contributed by atoms with Crippen molar-refractivity contribution in [3.05, 3.63) is 58.4 Å². The molecule has 1 atom stereocenters. The van der Waals surface area contributed by atoms with Crippen molar-refractivity contribution in [3.63, 3.8) is 0 Å². The number of ether oxygens (including phenoxy) is 1. The van der Waals surface area contributed by atoms with E-state index in [-0.39, 0.29) is 12.0 Å². The quantitative estimate of drug-likeness (QED) is 0.738. The molecule has 0 aliphatic carbocycles. The van der Waals surface area contributed by atoms with Gasteiger partial charge in [-0.05, 0) is 62.8 Å². The van der Waals surface area contributed by atoms with Gasteiger partial charge >= 0.3 is 5.97 Å². The molecule has 2 heterocycles. The number of nitrogens with zero attached hydrogens (tertiary/aromatic N) is 1. The van der Waals surface area contributed by atoms with Gasteiger partial charge in [-0.25, -0.2) is 4.79 Å². The first kappa shape index (κ1) is 19.0. The molecule has 1 aromatic heterocycles. The van der Waals surface area contributed by atoms with Crippen LogP contribution in [0.2, 0.25) is 5.02 Å². The van der Waals surface area contributed by atoms with Crippen molar-refractivity contribution in [1.29, 1.82) is 0 Å². The highest BCUT2D eigenvalue weighted by Crippen LogP contribution is 2.38. The van der Waals surface area contributed by atoms with E-state index in [1.54, 1.807) is 6.07 Å². The number of hydrogen-bond donors (Lipinski definition) is 1. The van der Waals surface area contributed by atoms with Crippen LogP contribution in [0.25, 0.3) is 0 Å². The van der Waals surface area contributed by atoms with Gasteiger partial charge in [-0.15, -0.1) is 0 Å². The number of rotatable bonds is 6. The van der Waals surface area contributed by atoms with Crippen molar-refractivity contribution in [3.8, 4) is 0 Å². The highest BCUT2D eigenvalue weighted by Gasteiger charge is 2.29. The highest BCUT2D eigenvalue weighted by atomic mass is 35.5. The Labute approximate surface area is 159 Å². The first-order valence-electron chi connectivity index (χ1n) is 9.24. The van der Waals surface area contributed by atoms with E-state index in [9.17, 15) is 9.90 Å². The molecule has 1 saturated heterocycles. The minimum atomic E-state index is -0.870. The number of hydrogen-bond acceptors (Lipinski definition) is 2. The smallest absolute Gasteiger partial charge is 0.337 e. The molecule has 0 spiro atoms. The second kappa shape index (κ2) is 8.28. The number of aromatic nitrogens is 1. The molecule has 0 radical (unpaired) electrons. The van der Waals surface area contributed by atoms with Crippen molar-refractivity contribution >= 4 is 17.6 Å². The number of carbonyl (C=O) groups is 1. The van der Waals surface area contributed by atoms with Crippen LogP contribution in [0.5, 0.6) is 0 Å². The SMILES string of the molecule is CC(C)n1ccc(C(=O)O)c1C(CC1CCOCC1)c1ccc(Cl)cc1. The molecule has 1 aromatic carbocycles. The molecular weight excluding hydrogens is 350 g/mol. The summed E-state index contributed by atoms with van der Waals surface area (Å²) < 4.78 is 7.60. The number of benzene rings is 1. The lowest BCUT2D eigenvalue weighted by atomic mass is 9.82. The van der Waals surface area contributed by atoms with E-state index < -0.39 is 5.97 Å². The molecule has 1 aliphatic heterocycles. The Morgan fingerprint density at radius 1 is 1.23 bits per heavy atom. The Balaban J connectivity index is 2.06. The molecular formula is C21H26ClNO3. The summed E-state index contributed by atoms with van der Waals surface area (Å²) in [5.74, 6) is -0.314. The first-order chi connectivity index (χ1) is 12.5. The van der Waals surface area contributed by atoms with Crippen molar-refractivity contribution in [2.75, 3.05) is 13.2 Å². The lowest BCUT2D eigenvalue weighted by Crippen LogP contribution is -2.21. The van der Waals surface area contributed by atoms with E-state index in [0.29, 0.717) is 16.5 Å². The fourth-order valence-electron chi connectivity index (χ4n) is 3.87. The minimum absolute atomic E-state index is 0.0267. The van der Waals surface area contributed by atoms with Crippen LogP contribution in [0.15, 0.2) is 36.5 Å². The summed E-state index contributed by atoms with van der Waals surface area (Å²) in [4.78, 5) is 11.9. The van der Waals surface area contributed by atoms with Gasteiger partial charge in [0, 0.05) is 42.1 Å². The van der Waals surface area contributed by atoms with Crippen LogP contribution in [0, 0.1) is 5.92 Å². The maximum Gasteiger partial charge on any atom is 0.337 e. The molecule has 26 heavy (non-hydrogen) atoms. The molecule has 3 rings (SSSR count). The zero-order valence-electron chi connectivity index (χ0n) is 15.3. The molecule has 0 bridgehead atoms. The molecule has 1 fully saturated rings. The van der Waals surface area contributed by atoms with Gasteiger partial charge in [0.15, 0.2) is 0 Å². The van der Waals surface area contributed by atoms with Gasteiger partial charge in [-0.2, -0.15) is 0 Å². The number of halogens is 1. The second-order valence-electron chi connectivity index (χ2n) is 7.32.